The third-order valence-corrected chi connectivity index (χ3v) is 1.83. The van der Waals surface area contributed by atoms with Gasteiger partial charge in [-0.1, -0.05) is 30.7 Å². The molecule has 0 unspecified atom stereocenters. The molecule has 0 amide bonds. The molecule has 1 heterocycles. The standard InChI is InChI=1S/C11H16O/c1-3-11-8-7-10(2)6-4-5-9-12-11/h4,6-8H,3,5,9H2,1-2H3/b6-4+,10-7-,11-8+. The molecule has 1 heteroatoms. The zero-order chi connectivity index (χ0) is 8.81. The molecule has 0 aromatic rings. The van der Waals surface area contributed by atoms with Crippen LogP contribution in [-0.4, -0.2) is 6.61 Å². The van der Waals surface area contributed by atoms with Crippen molar-refractivity contribution < 1.29 is 4.74 Å². The summed E-state index contributed by atoms with van der Waals surface area (Å²) in [6.07, 6.45) is 10.4. The fourth-order valence-electron chi connectivity index (χ4n) is 1.08. The molecular formula is C11H16O. The van der Waals surface area contributed by atoms with Crippen LogP contribution in [0.2, 0.25) is 0 Å². The maximum absolute atomic E-state index is 5.53. The Morgan fingerprint density at radius 3 is 3.00 bits per heavy atom. The topological polar surface area (TPSA) is 9.23 Å². The number of hydrogen-bond donors (Lipinski definition) is 0. The summed E-state index contributed by atoms with van der Waals surface area (Å²) in [5, 5.41) is 0. The molecule has 0 atom stereocenters. The number of allylic oxidation sites excluding steroid dienone is 5. The first-order chi connectivity index (χ1) is 5.83. The van der Waals surface area contributed by atoms with Gasteiger partial charge in [-0.3, -0.25) is 0 Å². The highest BCUT2D eigenvalue weighted by Crippen LogP contribution is 2.08. The smallest absolute Gasteiger partial charge is 0.0957 e. The second kappa shape index (κ2) is 4.81. The van der Waals surface area contributed by atoms with Gasteiger partial charge in [-0.25, -0.2) is 0 Å². The van der Waals surface area contributed by atoms with Gasteiger partial charge in [0.05, 0.1) is 12.4 Å². The molecule has 66 valence electrons. The Morgan fingerprint density at radius 1 is 1.42 bits per heavy atom. The van der Waals surface area contributed by atoms with E-state index >= 15 is 0 Å². The van der Waals surface area contributed by atoms with Crippen molar-refractivity contribution in [3.8, 4) is 0 Å². The van der Waals surface area contributed by atoms with E-state index in [2.05, 4.69) is 38.2 Å². The van der Waals surface area contributed by atoms with Crippen LogP contribution in [0.15, 0.2) is 35.6 Å². The summed E-state index contributed by atoms with van der Waals surface area (Å²) in [4.78, 5) is 0. The molecule has 0 fully saturated rings. The van der Waals surface area contributed by atoms with Gasteiger partial charge in [-0.05, 0) is 19.4 Å². The van der Waals surface area contributed by atoms with Crippen molar-refractivity contribution in [1.82, 2.24) is 0 Å². The second-order valence-corrected chi connectivity index (χ2v) is 2.94. The minimum atomic E-state index is 0.803. The Kier molecular flexibility index (Phi) is 3.65. The lowest BCUT2D eigenvalue weighted by Crippen LogP contribution is -1.91. The molecule has 1 rings (SSSR count). The van der Waals surface area contributed by atoms with Gasteiger partial charge >= 0.3 is 0 Å². The van der Waals surface area contributed by atoms with Gasteiger partial charge < -0.3 is 4.74 Å². The van der Waals surface area contributed by atoms with Gasteiger partial charge in [0.1, 0.15) is 0 Å². The molecule has 0 saturated heterocycles. The molecule has 0 radical (unpaired) electrons. The molecule has 1 nitrogen and oxygen atoms in total. The highest BCUT2D eigenvalue weighted by molar-refractivity contribution is 5.23. The van der Waals surface area contributed by atoms with E-state index in [1.165, 1.54) is 5.57 Å². The van der Waals surface area contributed by atoms with Crippen LogP contribution in [0.1, 0.15) is 26.7 Å². The van der Waals surface area contributed by atoms with E-state index in [0.29, 0.717) is 0 Å². The van der Waals surface area contributed by atoms with Crippen molar-refractivity contribution in [2.45, 2.75) is 26.7 Å². The van der Waals surface area contributed by atoms with E-state index in [-0.39, 0.29) is 0 Å². The highest BCUT2D eigenvalue weighted by atomic mass is 16.5. The van der Waals surface area contributed by atoms with Crippen LogP contribution < -0.4 is 0 Å². The summed E-state index contributed by atoms with van der Waals surface area (Å²) in [5.74, 6) is 1.08. The minimum Gasteiger partial charge on any atom is -0.498 e. The summed E-state index contributed by atoms with van der Waals surface area (Å²) in [6, 6.07) is 0. The fourth-order valence-corrected chi connectivity index (χ4v) is 1.08. The van der Waals surface area contributed by atoms with Crippen LogP contribution in [0.4, 0.5) is 0 Å². The summed E-state index contributed by atoms with van der Waals surface area (Å²) in [7, 11) is 0. The second-order valence-electron chi connectivity index (χ2n) is 2.94. The molecule has 0 saturated carbocycles. The lowest BCUT2D eigenvalue weighted by atomic mass is 10.2. The van der Waals surface area contributed by atoms with Crippen LogP contribution in [0.3, 0.4) is 0 Å². The molecule has 0 bridgehead atoms. The van der Waals surface area contributed by atoms with Crippen molar-refractivity contribution in [3.05, 3.63) is 35.6 Å². The van der Waals surface area contributed by atoms with Crippen LogP contribution >= 0.6 is 0 Å². The fraction of sp³-hybridized carbons (Fsp3) is 0.455. The average molecular weight is 164 g/mol. The Bertz CT molecular complexity index is 221. The molecule has 1 aliphatic heterocycles. The number of hydrogen-bond acceptors (Lipinski definition) is 1. The van der Waals surface area contributed by atoms with Crippen molar-refractivity contribution >= 4 is 0 Å². The van der Waals surface area contributed by atoms with E-state index in [0.717, 1.165) is 25.2 Å². The zero-order valence-electron chi connectivity index (χ0n) is 7.84. The van der Waals surface area contributed by atoms with Gasteiger partial charge in [0.25, 0.3) is 0 Å². The van der Waals surface area contributed by atoms with Gasteiger partial charge in [-0.2, -0.15) is 0 Å². The van der Waals surface area contributed by atoms with E-state index in [1.54, 1.807) is 0 Å². The number of rotatable bonds is 1. The van der Waals surface area contributed by atoms with Crippen LogP contribution in [0.5, 0.6) is 0 Å². The lowest BCUT2D eigenvalue weighted by Gasteiger charge is -2.05. The largest absolute Gasteiger partial charge is 0.498 e. The molecular weight excluding hydrogens is 148 g/mol. The molecule has 0 aliphatic carbocycles. The molecule has 1 aliphatic rings. The molecule has 0 N–H and O–H groups in total. The highest BCUT2D eigenvalue weighted by Gasteiger charge is 1.94. The maximum Gasteiger partial charge on any atom is 0.0957 e. The van der Waals surface area contributed by atoms with Gasteiger partial charge in [-0.15, -0.1) is 0 Å². The third kappa shape index (κ3) is 2.95. The zero-order valence-corrected chi connectivity index (χ0v) is 7.84. The summed E-state index contributed by atoms with van der Waals surface area (Å²) >= 11 is 0. The predicted molar refractivity (Wildman–Crippen MR) is 51.8 cm³/mol. The normalized spacial score (nSPS) is 29.5. The van der Waals surface area contributed by atoms with Crippen LogP contribution in [-0.2, 0) is 4.74 Å². The van der Waals surface area contributed by atoms with Crippen molar-refractivity contribution in [1.29, 1.82) is 0 Å². The molecule has 0 spiro atoms. The van der Waals surface area contributed by atoms with Crippen LogP contribution in [0.25, 0.3) is 0 Å². The Balaban J connectivity index is 2.72. The SMILES string of the molecule is CC\C1=C/C=C(C)\C=C\CCO1. The summed E-state index contributed by atoms with van der Waals surface area (Å²) < 4.78 is 5.53. The van der Waals surface area contributed by atoms with Gasteiger partial charge in [0, 0.05) is 6.42 Å². The van der Waals surface area contributed by atoms with Crippen LogP contribution in [0, 0.1) is 0 Å². The Labute approximate surface area is 74.4 Å². The van der Waals surface area contributed by atoms with Crippen molar-refractivity contribution in [3.63, 3.8) is 0 Å². The monoisotopic (exact) mass is 164 g/mol. The van der Waals surface area contributed by atoms with Gasteiger partial charge in [0.15, 0.2) is 0 Å². The first-order valence-corrected chi connectivity index (χ1v) is 4.49. The Morgan fingerprint density at radius 2 is 2.25 bits per heavy atom. The van der Waals surface area contributed by atoms with Crippen molar-refractivity contribution in [2.75, 3.05) is 6.61 Å². The quantitative estimate of drug-likeness (QED) is 0.578. The summed E-state index contributed by atoms with van der Waals surface area (Å²) in [5.41, 5.74) is 1.28. The molecule has 0 aromatic heterocycles. The average Bonchev–Trinajstić information content (AvgIpc) is 2.17. The van der Waals surface area contributed by atoms with E-state index in [4.69, 9.17) is 4.74 Å². The third-order valence-electron chi connectivity index (χ3n) is 1.83. The van der Waals surface area contributed by atoms with Crippen molar-refractivity contribution in [2.24, 2.45) is 0 Å². The lowest BCUT2D eigenvalue weighted by molar-refractivity contribution is 0.210. The maximum atomic E-state index is 5.53. The predicted octanol–water partition coefficient (Wildman–Crippen LogP) is 3.20. The van der Waals surface area contributed by atoms with E-state index in [1.807, 2.05) is 0 Å². The first-order valence-electron chi connectivity index (χ1n) is 4.49. The Hall–Kier alpha value is -0.980. The number of ether oxygens (including phenoxy) is 1. The first kappa shape index (κ1) is 9.11. The molecule has 0 aromatic carbocycles. The summed E-state index contributed by atoms with van der Waals surface area (Å²) in [6.45, 7) is 5.02. The molecule has 12 heavy (non-hydrogen) atoms. The van der Waals surface area contributed by atoms with E-state index in [9.17, 15) is 0 Å². The van der Waals surface area contributed by atoms with Gasteiger partial charge in [0.2, 0.25) is 0 Å². The minimum absolute atomic E-state index is 0.803. The van der Waals surface area contributed by atoms with E-state index < -0.39 is 0 Å².